The van der Waals surface area contributed by atoms with Gasteiger partial charge < -0.3 is 20.7 Å². The number of hydrogen-bond acceptors (Lipinski definition) is 8. The van der Waals surface area contributed by atoms with E-state index in [2.05, 4.69) is 61.4 Å². The first-order valence-electron chi connectivity index (χ1n) is 16.0. The van der Waals surface area contributed by atoms with E-state index in [0.717, 1.165) is 34.3 Å². The SMILES string of the molecule is CCCCCCc1ccc(/C=C/c2ccnc(-c3cc(C(F)(F)F)n[n-]3)c2)s1.O=C(O)c1ccnc(-c2cccc(-c3ccccn3)n2)c1.[N-]=C=S.[Ru+2]. The van der Waals surface area contributed by atoms with Crippen molar-refractivity contribution in [3.05, 3.63) is 129 Å². The van der Waals surface area contributed by atoms with Crippen LogP contribution >= 0.6 is 23.6 Å². The molecule has 6 aromatic rings. The first kappa shape index (κ1) is 42.3. The number of carboxylic acids is 1. The third-order valence-corrected chi connectivity index (χ3v) is 8.33. The fourth-order valence-corrected chi connectivity index (χ4v) is 5.67. The summed E-state index contributed by atoms with van der Waals surface area (Å²) in [6.07, 6.45) is 10.3. The second-order valence-electron chi connectivity index (χ2n) is 11.0. The molecule has 0 aliphatic heterocycles. The fourth-order valence-electron chi connectivity index (χ4n) is 4.71. The molecule has 0 amide bonds. The number of halogens is 3. The quantitative estimate of drug-likeness (QED) is 0.0585. The molecule has 0 saturated heterocycles. The Labute approximate surface area is 326 Å². The summed E-state index contributed by atoms with van der Waals surface area (Å²) < 4.78 is 38.1. The zero-order valence-electron chi connectivity index (χ0n) is 28.2. The van der Waals surface area contributed by atoms with Crippen molar-refractivity contribution in [2.45, 2.75) is 45.2 Å². The Hall–Kier alpha value is -5.07. The van der Waals surface area contributed by atoms with Crippen LogP contribution in [-0.2, 0) is 32.1 Å². The van der Waals surface area contributed by atoms with Crippen LogP contribution in [0.1, 0.15) is 64.0 Å². The molecule has 0 aromatic carbocycles. The number of thiophene rings is 1. The third kappa shape index (κ3) is 13.5. The van der Waals surface area contributed by atoms with E-state index in [-0.39, 0.29) is 30.7 Å². The van der Waals surface area contributed by atoms with Gasteiger partial charge in [-0.3, -0.25) is 15.0 Å². The number of pyridine rings is 4. The molecule has 9 nitrogen and oxygen atoms in total. The average Bonchev–Trinajstić information content (AvgIpc) is 3.85. The van der Waals surface area contributed by atoms with Crippen molar-refractivity contribution in [2.24, 2.45) is 0 Å². The number of nitrogens with zero attached hydrogens (tertiary/aromatic N) is 7. The molecule has 1 N–H and O–H groups in total. The summed E-state index contributed by atoms with van der Waals surface area (Å²) in [5.74, 6) is -0.987. The number of isothiocyanates is 1. The van der Waals surface area contributed by atoms with Gasteiger partial charge in [-0.15, -0.1) is 11.3 Å². The van der Waals surface area contributed by atoms with Crippen molar-refractivity contribution >= 4 is 46.8 Å². The van der Waals surface area contributed by atoms with E-state index in [0.29, 0.717) is 17.1 Å². The molecule has 0 bridgehead atoms. The maximum Gasteiger partial charge on any atom is 2.00 e. The zero-order valence-corrected chi connectivity index (χ0v) is 31.6. The number of unbranched alkanes of at least 4 members (excludes halogenated alkanes) is 3. The minimum atomic E-state index is -4.50. The van der Waals surface area contributed by atoms with Crippen molar-refractivity contribution in [1.29, 1.82) is 0 Å². The van der Waals surface area contributed by atoms with Crippen LogP contribution < -0.4 is 5.10 Å². The van der Waals surface area contributed by atoms with E-state index < -0.39 is 17.8 Å². The molecule has 272 valence electrons. The molecule has 6 heterocycles. The largest absolute Gasteiger partial charge is 2.00 e. The number of aryl methyl sites for hydroxylation is 1. The summed E-state index contributed by atoms with van der Waals surface area (Å²) in [7, 11) is 0. The number of aromatic nitrogens is 6. The van der Waals surface area contributed by atoms with Gasteiger partial charge in [-0.2, -0.15) is 18.3 Å². The normalized spacial score (nSPS) is 10.6. The monoisotopic (exact) mass is 841 g/mol. The Kier molecular flexibility index (Phi) is 17.1. The number of alkyl halides is 3. The molecule has 0 aliphatic rings. The Morgan fingerprint density at radius 2 is 1.57 bits per heavy atom. The smallest absolute Gasteiger partial charge is 0.753 e. The van der Waals surface area contributed by atoms with Crippen molar-refractivity contribution in [3.63, 3.8) is 0 Å². The molecule has 0 unspecified atom stereocenters. The van der Waals surface area contributed by atoms with Gasteiger partial charge in [0.05, 0.1) is 28.3 Å². The molecule has 15 heteroatoms. The Morgan fingerprint density at radius 1 is 0.868 bits per heavy atom. The molecule has 0 atom stereocenters. The molecule has 6 aromatic heterocycles. The summed E-state index contributed by atoms with van der Waals surface area (Å²) >= 11 is 5.47. The van der Waals surface area contributed by atoms with Crippen molar-refractivity contribution < 1.29 is 42.6 Å². The van der Waals surface area contributed by atoms with E-state index in [1.807, 2.05) is 42.5 Å². The summed E-state index contributed by atoms with van der Waals surface area (Å²) in [5, 5.41) is 24.3. The molecular formula is C38H32F3N7O2RuS2. The van der Waals surface area contributed by atoms with Crippen LogP contribution in [0.2, 0.25) is 0 Å². The van der Waals surface area contributed by atoms with Crippen LogP contribution in [0.25, 0.3) is 51.7 Å². The molecule has 6 rings (SSSR count). The predicted molar refractivity (Wildman–Crippen MR) is 200 cm³/mol. The third-order valence-electron chi connectivity index (χ3n) is 7.22. The maximum atomic E-state index is 12.7. The average molecular weight is 841 g/mol. The van der Waals surface area contributed by atoms with Gasteiger partial charge >= 0.3 is 31.6 Å². The number of thiocarbonyl (C=S) groups is 1. The minimum Gasteiger partial charge on any atom is -0.753 e. The van der Waals surface area contributed by atoms with E-state index in [1.54, 1.807) is 41.9 Å². The van der Waals surface area contributed by atoms with Crippen LogP contribution in [0, 0.1) is 0 Å². The molecule has 0 saturated carbocycles. The van der Waals surface area contributed by atoms with Gasteiger partial charge in [0.25, 0.3) is 0 Å². The van der Waals surface area contributed by atoms with Crippen LogP contribution in [0.4, 0.5) is 13.2 Å². The van der Waals surface area contributed by atoms with E-state index in [4.69, 9.17) is 10.5 Å². The summed E-state index contributed by atoms with van der Waals surface area (Å²) in [5.41, 5.74) is 3.12. The maximum absolute atomic E-state index is 12.7. The number of rotatable bonds is 11. The summed E-state index contributed by atoms with van der Waals surface area (Å²) in [6, 6.07) is 22.7. The Balaban J connectivity index is 0.000000269. The van der Waals surface area contributed by atoms with Gasteiger partial charge in [-0.25, -0.2) is 9.78 Å². The van der Waals surface area contributed by atoms with Crippen LogP contribution in [0.15, 0.2) is 97.5 Å². The topological polar surface area (TPSA) is 138 Å². The van der Waals surface area contributed by atoms with Crippen LogP contribution in [-0.4, -0.2) is 41.3 Å². The number of carbonyl (C=O) groups is 1. The van der Waals surface area contributed by atoms with Crippen molar-refractivity contribution in [2.75, 3.05) is 0 Å². The van der Waals surface area contributed by atoms with Crippen molar-refractivity contribution in [3.8, 4) is 34.2 Å². The Bertz CT molecular complexity index is 2120. The number of aromatic carboxylic acids is 1. The summed E-state index contributed by atoms with van der Waals surface area (Å²) in [6.45, 7) is 2.21. The predicted octanol–water partition coefficient (Wildman–Crippen LogP) is 10.0. The fraction of sp³-hybridized carbons (Fsp3) is 0.184. The molecule has 53 heavy (non-hydrogen) atoms. The molecule has 0 aliphatic carbocycles. The molecule has 0 fully saturated rings. The van der Waals surface area contributed by atoms with Gasteiger partial charge in [0.2, 0.25) is 0 Å². The molecular weight excluding hydrogens is 809 g/mol. The Morgan fingerprint density at radius 3 is 2.25 bits per heavy atom. The number of carboxylic acid groups (broad SMARTS) is 1. The van der Waals surface area contributed by atoms with Crippen LogP contribution in [0.5, 0.6) is 0 Å². The second-order valence-corrected chi connectivity index (χ2v) is 12.4. The van der Waals surface area contributed by atoms with E-state index >= 15 is 0 Å². The number of hydrogen-bond donors (Lipinski definition) is 1. The van der Waals surface area contributed by atoms with Gasteiger partial charge in [0.15, 0.2) is 0 Å². The molecule has 0 spiro atoms. The van der Waals surface area contributed by atoms with Gasteiger partial charge in [0, 0.05) is 34.0 Å². The standard InChI is InChI=1S/C21H21F3N3S.C16H11N3O2.CNS.Ru/c1-2-3-4-5-6-16-9-10-17(28-16)8-7-15-11-12-25-18(13-15)19-14-20(27-26-19)21(22,23)24;20-16(21)11-7-9-18-15(10-11)14-6-3-5-13(19-14)12-4-1-2-8-17-12;2-1-3;/h7-14H,2-6H2,1H3;1-10H,(H,20,21);;/q-1;;-1;+2/b8-7+;;;. The second kappa shape index (κ2) is 21.5. The minimum absolute atomic E-state index is 0. The van der Waals surface area contributed by atoms with Gasteiger partial charge in [-0.05, 0) is 91.2 Å². The van der Waals surface area contributed by atoms with Gasteiger partial charge in [-0.1, -0.05) is 62.3 Å². The first-order chi connectivity index (χ1) is 25.1. The first-order valence-corrected chi connectivity index (χ1v) is 17.2. The van der Waals surface area contributed by atoms with Crippen LogP contribution in [0.3, 0.4) is 0 Å². The van der Waals surface area contributed by atoms with Crippen molar-refractivity contribution in [1.82, 2.24) is 30.1 Å². The summed E-state index contributed by atoms with van der Waals surface area (Å²) in [4.78, 5) is 30.6. The van der Waals surface area contributed by atoms with E-state index in [9.17, 15) is 18.0 Å². The van der Waals surface area contributed by atoms with Gasteiger partial charge in [0.1, 0.15) is 5.69 Å². The molecule has 0 radical (unpaired) electrons. The van der Waals surface area contributed by atoms with E-state index in [1.165, 1.54) is 54.1 Å². The zero-order chi connectivity index (χ0) is 37.3.